The zero-order valence-corrected chi connectivity index (χ0v) is 51.8. The van der Waals surface area contributed by atoms with Crippen LogP contribution in [0.2, 0.25) is 0 Å². The second-order valence-corrected chi connectivity index (χ2v) is 21.3. The number of rotatable bonds is 25. The van der Waals surface area contributed by atoms with Crippen molar-refractivity contribution in [2.24, 2.45) is 17.4 Å². The van der Waals surface area contributed by atoms with E-state index in [4.69, 9.17) is 26.7 Å². The number of ether oxygens (including phenoxy) is 2. The first kappa shape index (κ1) is 80.7. The molecule has 12 atom stereocenters. The number of nitrogens with two attached hydrogens (primary N) is 3. The molecule has 0 aromatic heterocycles. The predicted octanol–water partition coefficient (Wildman–Crippen LogP) is -9.18. The minimum absolute atomic E-state index is 0.181. The van der Waals surface area contributed by atoms with Crippen LogP contribution in [-0.4, -0.2) is 238 Å². The van der Waals surface area contributed by atoms with Gasteiger partial charge in [0.05, 0.1) is 57.8 Å². The van der Waals surface area contributed by atoms with Crippen LogP contribution in [-0.2, 0) is 91.0 Å². The van der Waals surface area contributed by atoms with Crippen LogP contribution in [0.25, 0.3) is 0 Å². The Kier molecular flexibility index (Phi) is 33.5. The molecule has 1 aromatic rings. The average molecular weight is 1360 g/mol. The van der Waals surface area contributed by atoms with Crippen molar-refractivity contribution >= 4 is 118 Å². The van der Waals surface area contributed by atoms with Crippen LogP contribution in [0, 0.1) is 5.92 Å². The molecular weight excluding hydrogens is 1290 g/mol. The number of amides is 13. The van der Waals surface area contributed by atoms with Gasteiger partial charge in [-0.25, -0.2) is 9.59 Å². The molecule has 0 spiro atoms. The van der Waals surface area contributed by atoms with Gasteiger partial charge in [-0.15, -0.1) is 0 Å². The van der Waals surface area contributed by atoms with E-state index in [-0.39, 0.29) is 30.8 Å². The third-order valence-corrected chi connectivity index (χ3v) is 13.4. The number of ketones is 1. The highest BCUT2D eigenvalue weighted by Crippen LogP contribution is 2.18. The topological polar surface area (TPSA) is 666 Å². The fraction of sp³-hybridized carbons (Fsp3) is 0.509. The lowest BCUT2D eigenvalue weighted by molar-refractivity contribution is -0.156. The number of benzene rings is 1. The number of Topliss-reactive ketones (excluding diaryl/α,β-unsaturated/α-hetero) is 1. The molecule has 1 fully saturated rings. The number of cyclic esters (lactones) is 1. The molecule has 0 saturated carbocycles. The highest BCUT2D eigenvalue weighted by molar-refractivity contribution is 6.05. The highest BCUT2D eigenvalue weighted by Gasteiger charge is 2.40. The molecule has 0 bridgehead atoms. The fourth-order valence-electron chi connectivity index (χ4n) is 8.49. The van der Waals surface area contributed by atoms with Crippen molar-refractivity contribution in [1.82, 2.24) is 63.8 Å². The van der Waals surface area contributed by atoms with Crippen molar-refractivity contribution in [2.75, 3.05) is 38.6 Å². The lowest BCUT2D eigenvalue weighted by Gasteiger charge is -2.30. The summed E-state index contributed by atoms with van der Waals surface area (Å²) in [6.45, 7) is 2.07. The zero-order chi connectivity index (χ0) is 72.7. The Morgan fingerprint density at radius 2 is 1.20 bits per heavy atom. The quantitative estimate of drug-likeness (QED) is 0.0142. The first-order valence-corrected chi connectivity index (χ1v) is 28.9. The summed E-state index contributed by atoms with van der Waals surface area (Å²) >= 11 is 0. The first-order chi connectivity index (χ1) is 45.0. The minimum atomic E-state index is -2.38. The number of aliphatic carboxylic acids is 4. The third-order valence-electron chi connectivity index (χ3n) is 13.4. The van der Waals surface area contributed by atoms with Gasteiger partial charge in [0.15, 0.2) is 5.78 Å². The second-order valence-electron chi connectivity index (χ2n) is 21.3. The molecule has 0 aliphatic carbocycles. The van der Waals surface area contributed by atoms with Crippen molar-refractivity contribution in [3.05, 3.63) is 42.5 Å². The first-order valence-electron chi connectivity index (χ1n) is 28.9. The molecule has 12 unspecified atom stereocenters. The van der Waals surface area contributed by atoms with Crippen molar-refractivity contribution < 1.29 is 126 Å². The Hall–Kier alpha value is -11.4. The molecule has 13 amide bonds. The molecule has 96 heavy (non-hydrogen) atoms. The molecule has 1 heterocycles. The summed E-state index contributed by atoms with van der Waals surface area (Å²) in [6.07, 6.45) is -9.27. The Bertz CT molecular complexity index is 3130. The number of carboxylic acid groups (broad SMARTS) is 4. The van der Waals surface area contributed by atoms with E-state index in [0.717, 1.165) is 20.8 Å². The van der Waals surface area contributed by atoms with E-state index in [1.165, 1.54) is 30.3 Å². The lowest BCUT2D eigenvalue weighted by Crippen LogP contribution is -2.61. The predicted molar refractivity (Wildman–Crippen MR) is 320 cm³/mol. The summed E-state index contributed by atoms with van der Waals surface area (Å²) in [5.74, 6) is -27.7. The number of primary amides is 1. The maximum Gasteiger partial charge on any atom is 0.407 e. The lowest BCUT2D eigenvalue weighted by atomic mass is 9.96. The number of para-hydroxylation sites is 1. The number of carbonyl (C=O) groups excluding carboxylic acids is 15. The van der Waals surface area contributed by atoms with Gasteiger partial charge in [-0.05, 0) is 44.7 Å². The van der Waals surface area contributed by atoms with E-state index in [1.807, 2.05) is 26.6 Å². The summed E-state index contributed by atoms with van der Waals surface area (Å²) in [7, 11) is 0. The minimum Gasteiger partial charge on any atom is -0.481 e. The van der Waals surface area contributed by atoms with E-state index < -0.39 is 250 Å². The van der Waals surface area contributed by atoms with E-state index in [9.17, 15) is 117 Å². The number of nitrogen functional groups attached to an aromatic ring is 1. The van der Waals surface area contributed by atoms with Crippen LogP contribution in [0.15, 0.2) is 36.9 Å². The van der Waals surface area contributed by atoms with Crippen LogP contribution in [0.3, 0.4) is 0 Å². The smallest absolute Gasteiger partial charge is 0.407 e. The SMILES string of the molecule is C=CCOC(=O)NCCCC1NC(=O)CNC(=O)C(NC(=O)C(CC(=O)O)NC(=O)C(N)CC(N)=O)C(C)OC(=O)C(CC(=O)c2ccccc2N)NC(=O)C(C(C)CC(=O)O)NC(=O)C(CO)NC(=O)CNC(=O)C(CC(=O)O)NC(=O)C(C)NC(=O)C(CC(=O)O)NC1=O. The number of carboxylic acids is 4. The van der Waals surface area contributed by atoms with Crippen LogP contribution in [0.5, 0.6) is 0 Å². The number of anilines is 1. The van der Waals surface area contributed by atoms with Gasteiger partial charge >= 0.3 is 35.9 Å². The van der Waals surface area contributed by atoms with Gasteiger partial charge in [-0.3, -0.25) is 81.5 Å². The van der Waals surface area contributed by atoms with Gasteiger partial charge in [0.1, 0.15) is 67.1 Å². The Labute approximate surface area is 544 Å². The van der Waals surface area contributed by atoms with Crippen LogP contribution >= 0.6 is 0 Å². The molecule has 23 N–H and O–H groups in total. The molecule has 1 aromatic carbocycles. The molecule has 41 heteroatoms. The highest BCUT2D eigenvalue weighted by atomic mass is 16.6. The molecule has 2 rings (SSSR count). The van der Waals surface area contributed by atoms with E-state index >= 15 is 0 Å². The van der Waals surface area contributed by atoms with Gasteiger partial charge in [-0.1, -0.05) is 31.7 Å². The number of nitrogens with one attached hydrogen (secondary N) is 12. The summed E-state index contributed by atoms with van der Waals surface area (Å²) in [5.41, 5.74) is 16.4. The third kappa shape index (κ3) is 28.6. The van der Waals surface area contributed by atoms with Crippen LogP contribution in [0.1, 0.15) is 82.5 Å². The van der Waals surface area contributed by atoms with Gasteiger partial charge in [0.2, 0.25) is 70.9 Å². The number of hydrogen-bond acceptors (Lipinski definition) is 24. The van der Waals surface area contributed by atoms with Crippen LogP contribution < -0.4 is 81.0 Å². The number of esters is 1. The summed E-state index contributed by atoms with van der Waals surface area (Å²) in [4.78, 5) is 251. The monoisotopic (exact) mass is 1360 g/mol. The average Bonchev–Trinajstić information content (AvgIpc) is 0.922. The van der Waals surface area contributed by atoms with Crippen molar-refractivity contribution in [3.63, 3.8) is 0 Å². The zero-order valence-electron chi connectivity index (χ0n) is 51.8. The van der Waals surface area contributed by atoms with Gasteiger partial charge < -0.3 is 116 Å². The van der Waals surface area contributed by atoms with Crippen molar-refractivity contribution in [2.45, 2.75) is 139 Å². The normalized spacial score (nSPS) is 22.6. The largest absolute Gasteiger partial charge is 0.481 e. The Morgan fingerprint density at radius 3 is 1.76 bits per heavy atom. The maximum absolute atomic E-state index is 14.5. The summed E-state index contributed by atoms with van der Waals surface area (Å²) in [6, 6.07) is -15.5. The van der Waals surface area contributed by atoms with E-state index in [2.05, 4.69) is 43.8 Å². The summed E-state index contributed by atoms with van der Waals surface area (Å²) < 4.78 is 10.4. The standard InChI is InChI=1S/C55H77N15O26/c1-5-13-95-55(94)59-12-8-11-29-48(87)67-31(18-41(80)81)49(88)62-24(3)45(84)65-30(17-40(78)79)47(86)60-20-38(75)64-34(22-71)51(90)69-43(23(2)14-39(76)77)53(92)68-33(16-35(72)26-9-6-7-10-27(26)56)54(93)96-25(4)44(52(91)61-21-37(74)63-29)70-50(89)32(19-42(82)83)66-46(85)28(57)15-36(58)73/h5-7,9-10,23-25,28-34,43-44,71H,1,8,11-22,56-57H2,2-4H3,(H2,58,73)(H,59,94)(H,60,86)(H,61,91)(H,62,88)(H,63,74)(H,64,75)(H,65,84)(H,66,85)(H,67,87)(H,68,92)(H,69,90)(H,70,89)(H,76,77)(H,78,79)(H,80,81)(H,82,83). The molecule has 1 aliphatic heterocycles. The van der Waals surface area contributed by atoms with Gasteiger partial charge in [0, 0.05) is 24.2 Å². The van der Waals surface area contributed by atoms with Crippen molar-refractivity contribution in [1.29, 1.82) is 0 Å². The number of hydrogen-bond donors (Lipinski definition) is 20. The van der Waals surface area contributed by atoms with Gasteiger partial charge in [0.25, 0.3) is 0 Å². The molecule has 1 saturated heterocycles. The number of aliphatic hydroxyl groups is 1. The molecule has 1 aliphatic rings. The van der Waals surface area contributed by atoms with Crippen LogP contribution in [0.4, 0.5) is 10.5 Å². The molecule has 41 nitrogen and oxygen atoms in total. The van der Waals surface area contributed by atoms with E-state index in [1.54, 1.807) is 0 Å². The fourth-order valence-corrected chi connectivity index (χ4v) is 8.49. The number of carbonyl (C=O) groups is 19. The molecule has 0 radical (unpaired) electrons. The number of aliphatic hydroxyl groups excluding tert-OH is 1. The Balaban J connectivity index is 2.98. The molecular formula is C55H77N15O26. The van der Waals surface area contributed by atoms with Crippen molar-refractivity contribution in [3.8, 4) is 0 Å². The maximum atomic E-state index is 14.5. The van der Waals surface area contributed by atoms with E-state index in [0.29, 0.717) is 0 Å². The molecule has 528 valence electrons. The summed E-state index contributed by atoms with van der Waals surface area (Å²) in [5, 5.41) is 74.0. The Morgan fingerprint density at radius 1 is 0.656 bits per heavy atom. The second kappa shape index (κ2) is 39.9. The number of alkyl carbamates (subject to hydrolysis) is 1. The van der Waals surface area contributed by atoms with Gasteiger partial charge in [-0.2, -0.15) is 0 Å².